The van der Waals surface area contributed by atoms with Gasteiger partial charge < -0.3 is 28.6 Å². The molecule has 0 radical (unpaired) electrons. The van der Waals surface area contributed by atoms with Gasteiger partial charge in [-0.25, -0.2) is 0 Å². The normalized spacial score (nSPS) is 14.5. The van der Waals surface area contributed by atoms with Gasteiger partial charge in [-0.15, -0.1) is 11.8 Å². The van der Waals surface area contributed by atoms with Gasteiger partial charge in [0, 0.05) is 11.4 Å². The molecular formula is C29H33NO6S. The number of thioether (sulfide) groups is 1. The van der Waals surface area contributed by atoms with Gasteiger partial charge in [0.05, 0.1) is 47.2 Å². The summed E-state index contributed by atoms with van der Waals surface area (Å²) in [5.74, 6) is 3.12. The van der Waals surface area contributed by atoms with Crippen LogP contribution in [0.15, 0.2) is 53.4 Å². The summed E-state index contributed by atoms with van der Waals surface area (Å²) in [6, 6.07) is 15.4. The lowest BCUT2D eigenvalue weighted by Gasteiger charge is -2.38. The van der Waals surface area contributed by atoms with E-state index in [1.807, 2.05) is 59.7 Å². The summed E-state index contributed by atoms with van der Waals surface area (Å²) in [5.41, 5.74) is 3.73. The molecule has 0 aliphatic carbocycles. The molecule has 0 saturated heterocycles. The molecule has 0 bridgehead atoms. The molecule has 1 atom stereocenters. The number of hydrogen-bond acceptors (Lipinski definition) is 7. The first-order valence-electron chi connectivity index (χ1n) is 12.0. The molecule has 3 aromatic rings. The number of hydrogen-bond donors (Lipinski definition) is 0. The van der Waals surface area contributed by atoms with E-state index in [1.165, 1.54) is 0 Å². The fraction of sp³-hybridized carbons (Fsp3) is 0.345. The van der Waals surface area contributed by atoms with Crippen LogP contribution in [0.2, 0.25) is 0 Å². The molecule has 4 rings (SSSR count). The molecule has 8 heteroatoms. The zero-order valence-electron chi connectivity index (χ0n) is 22.1. The summed E-state index contributed by atoms with van der Waals surface area (Å²) in [5, 5.41) is 0. The molecule has 1 aliphatic heterocycles. The SMILES string of the molecule is COc1ccc(C[C@@H]2c3cc(OC)c(OC)cc3CCN2C(=O)c2ccc(SC)cc2OC)cc1OC. The van der Waals surface area contributed by atoms with Crippen LogP contribution >= 0.6 is 11.8 Å². The summed E-state index contributed by atoms with van der Waals surface area (Å²) >= 11 is 1.61. The van der Waals surface area contributed by atoms with E-state index in [0.29, 0.717) is 53.7 Å². The molecule has 0 fully saturated rings. The predicted molar refractivity (Wildman–Crippen MR) is 145 cm³/mol. The summed E-state index contributed by atoms with van der Waals surface area (Å²) in [6.45, 7) is 0.562. The van der Waals surface area contributed by atoms with Gasteiger partial charge in [-0.3, -0.25) is 4.79 Å². The maximum absolute atomic E-state index is 14.0. The molecule has 0 saturated carbocycles. The minimum atomic E-state index is -0.237. The van der Waals surface area contributed by atoms with Crippen molar-refractivity contribution >= 4 is 17.7 Å². The lowest BCUT2D eigenvalue weighted by molar-refractivity contribution is 0.0656. The number of fused-ring (bicyclic) bond motifs is 1. The van der Waals surface area contributed by atoms with Gasteiger partial charge in [-0.1, -0.05) is 6.07 Å². The largest absolute Gasteiger partial charge is 0.496 e. The minimum Gasteiger partial charge on any atom is -0.496 e. The van der Waals surface area contributed by atoms with Crippen molar-refractivity contribution < 1.29 is 28.5 Å². The molecule has 0 N–H and O–H groups in total. The Balaban J connectivity index is 1.80. The van der Waals surface area contributed by atoms with Crippen LogP contribution in [-0.2, 0) is 12.8 Å². The zero-order valence-corrected chi connectivity index (χ0v) is 22.9. The van der Waals surface area contributed by atoms with Gasteiger partial charge in [-0.2, -0.15) is 0 Å². The summed E-state index contributed by atoms with van der Waals surface area (Å²) in [4.78, 5) is 17.0. The Morgan fingerprint density at radius 2 is 1.46 bits per heavy atom. The first kappa shape index (κ1) is 26.5. The Hall–Kier alpha value is -3.52. The Kier molecular flexibility index (Phi) is 8.38. The number of ether oxygens (including phenoxy) is 5. The maximum atomic E-state index is 14.0. The fourth-order valence-corrected chi connectivity index (χ4v) is 5.28. The standard InChI is InChI=1S/C29H33NO6S/c1-32-24-10-7-18(14-26(24)34-3)13-23-22-17-28(36-5)27(35-4)15-19(22)11-12-30(23)29(31)21-9-8-20(37-6)16-25(21)33-2/h7-10,14-17,23H,11-13H2,1-6H3/t23-/m1/s1. The Bertz CT molecular complexity index is 1280. The molecule has 37 heavy (non-hydrogen) atoms. The van der Waals surface area contributed by atoms with Crippen LogP contribution in [0.25, 0.3) is 0 Å². The molecule has 0 spiro atoms. The average molecular weight is 524 g/mol. The van der Waals surface area contributed by atoms with Crippen molar-refractivity contribution in [2.45, 2.75) is 23.8 Å². The van der Waals surface area contributed by atoms with Gasteiger partial charge in [0.1, 0.15) is 5.75 Å². The molecule has 1 amide bonds. The third-order valence-electron chi connectivity index (χ3n) is 6.78. The van der Waals surface area contributed by atoms with E-state index in [9.17, 15) is 4.79 Å². The quantitative estimate of drug-likeness (QED) is 0.346. The second kappa shape index (κ2) is 11.7. The highest BCUT2D eigenvalue weighted by Gasteiger charge is 2.34. The molecular weight excluding hydrogens is 490 g/mol. The van der Waals surface area contributed by atoms with E-state index in [-0.39, 0.29) is 11.9 Å². The highest BCUT2D eigenvalue weighted by atomic mass is 32.2. The van der Waals surface area contributed by atoms with Crippen LogP contribution in [0, 0.1) is 0 Å². The number of carbonyl (C=O) groups is 1. The second-order valence-electron chi connectivity index (χ2n) is 8.63. The fourth-order valence-electron chi connectivity index (χ4n) is 4.85. The van der Waals surface area contributed by atoms with Crippen LogP contribution in [0.5, 0.6) is 28.7 Å². The first-order chi connectivity index (χ1) is 18.0. The summed E-state index contributed by atoms with van der Waals surface area (Å²) in [7, 11) is 8.09. The van der Waals surface area contributed by atoms with Gasteiger partial charge in [0.2, 0.25) is 0 Å². The van der Waals surface area contributed by atoms with Crippen molar-refractivity contribution in [2.24, 2.45) is 0 Å². The van der Waals surface area contributed by atoms with Crippen LogP contribution in [-0.4, -0.2) is 59.2 Å². The lowest BCUT2D eigenvalue weighted by atomic mass is 9.87. The molecule has 1 aliphatic rings. The van der Waals surface area contributed by atoms with Gasteiger partial charge >= 0.3 is 0 Å². The smallest absolute Gasteiger partial charge is 0.258 e. The maximum Gasteiger partial charge on any atom is 0.258 e. The highest BCUT2D eigenvalue weighted by molar-refractivity contribution is 7.98. The van der Waals surface area contributed by atoms with Crippen molar-refractivity contribution in [3.05, 3.63) is 70.8 Å². The monoisotopic (exact) mass is 523 g/mol. The van der Waals surface area contributed by atoms with E-state index >= 15 is 0 Å². The highest BCUT2D eigenvalue weighted by Crippen LogP contribution is 2.41. The third-order valence-corrected chi connectivity index (χ3v) is 7.50. The van der Waals surface area contributed by atoms with E-state index < -0.39 is 0 Å². The van der Waals surface area contributed by atoms with Crippen molar-refractivity contribution in [1.82, 2.24) is 4.90 Å². The van der Waals surface area contributed by atoms with Gasteiger partial charge in [-0.05, 0) is 78.3 Å². The molecule has 0 aromatic heterocycles. The van der Waals surface area contributed by atoms with E-state index in [2.05, 4.69) is 0 Å². The zero-order chi connectivity index (χ0) is 26.5. The van der Waals surface area contributed by atoms with Crippen molar-refractivity contribution in [3.8, 4) is 28.7 Å². The topological polar surface area (TPSA) is 66.5 Å². The lowest BCUT2D eigenvalue weighted by Crippen LogP contribution is -2.41. The number of rotatable bonds is 9. The van der Waals surface area contributed by atoms with Crippen molar-refractivity contribution in [1.29, 1.82) is 0 Å². The molecule has 7 nitrogen and oxygen atoms in total. The van der Waals surface area contributed by atoms with Crippen molar-refractivity contribution in [3.63, 3.8) is 0 Å². The summed E-state index contributed by atoms with van der Waals surface area (Å²) < 4.78 is 27.7. The van der Waals surface area contributed by atoms with Crippen molar-refractivity contribution in [2.75, 3.05) is 48.3 Å². The number of amides is 1. The van der Waals surface area contributed by atoms with Crippen LogP contribution in [0.1, 0.15) is 33.1 Å². The van der Waals surface area contributed by atoms with Gasteiger partial charge in [0.25, 0.3) is 5.91 Å². The predicted octanol–water partition coefficient (Wildman–Crippen LogP) is 5.43. The van der Waals surface area contributed by atoms with E-state index in [1.54, 1.807) is 47.3 Å². The second-order valence-corrected chi connectivity index (χ2v) is 9.51. The molecule has 3 aromatic carbocycles. The first-order valence-corrected chi connectivity index (χ1v) is 13.2. The van der Waals surface area contributed by atoms with Crippen LogP contribution in [0.3, 0.4) is 0 Å². The number of benzene rings is 3. The van der Waals surface area contributed by atoms with Crippen LogP contribution < -0.4 is 23.7 Å². The summed E-state index contributed by atoms with van der Waals surface area (Å²) in [6.07, 6.45) is 3.29. The molecule has 1 heterocycles. The number of carbonyl (C=O) groups excluding carboxylic acids is 1. The third kappa shape index (κ3) is 5.30. The number of nitrogens with zero attached hydrogens (tertiary/aromatic N) is 1. The van der Waals surface area contributed by atoms with Gasteiger partial charge in [0.15, 0.2) is 23.0 Å². The Labute approximate surface area is 222 Å². The molecule has 196 valence electrons. The Morgan fingerprint density at radius 3 is 2.11 bits per heavy atom. The van der Waals surface area contributed by atoms with Crippen LogP contribution in [0.4, 0.5) is 0 Å². The minimum absolute atomic E-state index is 0.0737. The average Bonchev–Trinajstić information content (AvgIpc) is 2.95. The van der Waals surface area contributed by atoms with E-state index in [0.717, 1.165) is 21.6 Å². The number of methoxy groups -OCH3 is 5. The Morgan fingerprint density at radius 1 is 0.811 bits per heavy atom. The van der Waals surface area contributed by atoms with E-state index in [4.69, 9.17) is 23.7 Å². The molecule has 0 unspecified atom stereocenters.